The molecule has 2 aromatic carbocycles. The lowest BCUT2D eigenvalue weighted by molar-refractivity contribution is 0.0784. The fourth-order valence-electron chi connectivity index (χ4n) is 2.62. The minimum Gasteiger partial charge on any atom is -0.292 e. The van der Waals surface area contributed by atoms with Crippen LogP contribution in [0.5, 0.6) is 0 Å². The van der Waals surface area contributed by atoms with E-state index in [0.29, 0.717) is 5.02 Å². The second kappa shape index (κ2) is 5.97. The third-order valence-electron chi connectivity index (χ3n) is 3.87. The average Bonchev–Trinajstić information content (AvgIpc) is 2.53. The normalized spacial score (nSPS) is 19.8. The topological polar surface area (TPSA) is 71.5 Å². The van der Waals surface area contributed by atoms with Crippen LogP contribution in [0.4, 0.5) is 0 Å². The molecule has 1 atom stereocenters. The number of halogens is 2. The van der Waals surface area contributed by atoms with Gasteiger partial charge in [0.1, 0.15) is 0 Å². The summed E-state index contributed by atoms with van der Waals surface area (Å²) in [4.78, 5) is 25.4. The van der Waals surface area contributed by atoms with Gasteiger partial charge in [0.05, 0.1) is 9.92 Å². The van der Waals surface area contributed by atoms with Gasteiger partial charge in [-0.1, -0.05) is 35.3 Å². The van der Waals surface area contributed by atoms with Crippen molar-refractivity contribution in [1.29, 1.82) is 0 Å². The number of fused-ring (bicyclic) bond motifs is 1. The molecule has 5 nitrogen and oxygen atoms in total. The SMILES string of the molecule is CN1C(C(=O)c2ccc(Cl)cc2Cl)C(=O)c2ccccc2S1(=O)=O. The summed E-state index contributed by atoms with van der Waals surface area (Å²) < 4.78 is 26.0. The zero-order valence-corrected chi connectivity index (χ0v) is 14.7. The first-order chi connectivity index (χ1) is 11.2. The molecule has 0 aromatic heterocycles. The Hall–Kier alpha value is -1.73. The molecule has 1 aliphatic rings. The van der Waals surface area contributed by atoms with E-state index in [2.05, 4.69) is 0 Å². The maximum Gasteiger partial charge on any atom is 0.244 e. The van der Waals surface area contributed by atoms with Gasteiger partial charge in [-0.15, -0.1) is 0 Å². The van der Waals surface area contributed by atoms with Crippen molar-refractivity contribution in [2.75, 3.05) is 7.05 Å². The number of hydrogen-bond acceptors (Lipinski definition) is 4. The third kappa shape index (κ3) is 2.56. The van der Waals surface area contributed by atoms with Crippen LogP contribution in [0.3, 0.4) is 0 Å². The second-order valence-corrected chi connectivity index (χ2v) is 8.08. The van der Waals surface area contributed by atoms with E-state index in [1.165, 1.54) is 43.4 Å². The minimum atomic E-state index is -3.95. The smallest absolute Gasteiger partial charge is 0.244 e. The Labute approximate surface area is 148 Å². The number of carbonyl (C=O) groups is 2. The molecule has 0 saturated carbocycles. The predicted octanol–water partition coefficient (Wildman–Crippen LogP) is 3.06. The Bertz CT molecular complexity index is 972. The first-order valence-corrected chi connectivity index (χ1v) is 9.05. The van der Waals surface area contributed by atoms with Gasteiger partial charge in [-0.05, 0) is 30.3 Å². The Balaban J connectivity index is 2.15. The number of nitrogens with zero attached hydrogens (tertiary/aromatic N) is 1. The standard InChI is InChI=1S/C16H11Cl2NO4S/c1-19-14(15(20)10-7-6-9(17)8-12(10)18)16(21)11-4-2-3-5-13(11)24(19,22)23/h2-8,14H,1H3. The summed E-state index contributed by atoms with van der Waals surface area (Å²) in [6.07, 6.45) is 0. The van der Waals surface area contributed by atoms with Crippen molar-refractivity contribution in [1.82, 2.24) is 4.31 Å². The molecule has 0 spiro atoms. The lowest BCUT2D eigenvalue weighted by atomic mass is 9.96. The van der Waals surface area contributed by atoms with Crippen LogP contribution in [0.1, 0.15) is 20.7 Å². The number of ketones is 2. The molecule has 24 heavy (non-hydrogen) atoms. The summed E-state index contributed by atoms with van der Waals surface area (Å²) >= 11 is 11.8. The number of hydrogen-bond donors (Lipinski definition) is 0. The maximum atomic E-state index is 12.8. The summed E-state index contributed by atoms with van der Waals surface area (Å²) in [6.45, 7) is 0. The molecule has 0 fully saturated rings. The molecule has 124 valence electrons. The fourth-order valence-corrected chi connectivity index (χ4v) is 4.60. The van der Waals surface area contributed by atoms with E-state index in [-0.39, 0.29) is 21.0 Å². The predicted molar refractivity (Wildman–Crippen MR) is 90.3 cm³/mol. The highest BCUT2D eigenvalue weighted by Crippen LogP contribution is 2.32. The molecule has 2 aromatic rings. The zero-order chi connectivity index (χ0) is 17.6. The average molecular weight is 384 g/mol. The van der Waals surface area contributed by atoms with Gasteiger partial charge in [0, 0.05) is 23.2 Å². The molecule has 8 heteroatoms. The highest BCUT2D eigenvalue weighted by atomic mass is 35.5. The van der Waals surface area contributed by atoms with Crippen molar-refractivity contribution in [2.24, 2.45) is 0 Å². The number of benzene rings is 2. The van der Waals surface area contributed by atoms with E-state index < -0.39 is 27.6 Å². The molecule has 0 saturated heterocycles. The number of likely N-dealkylation sites (N-methyl/N-ethyl adjacent to an activating group) is 1. The van der Waals surface area contributed by atoms with Crippen LogP contribution in [0.15, 0.2) is 47.4 Å². The van der Waals surface area contributed by atoms with Crippen molar-refractivity contribution in [3.63, 3.8) is 0 Å². The van der Waals surface area contributed by atoms with Gasteiger partial charge in [0.15, 0.2) is 17.6 Å². The third-order valence-corrected chi connectivity index (χ3v) is 6.30. The van der Waals surface area contributed by atoms with Gasteiger partial charge in [-0.3, -0.25) is 9.59 Å². The lowest BCUT2D eigenvalue weighted by Gasteiger charge is -2.31. The highest BCUT2D eigenvalue weighted by Gasteiger charge is 2.45. The monoisotopic (exact) mass is 383 g/mol. The number of Topliss-reactive ketones (excluding diaryl/α,β-unsaturated/α-hetero) is 2. The van der Waals surface area contributed by atoms with Crippen LogP contribution in [-0.4, -0.2) is 37.4 Å². The molecule has 1 aliphatic heterocycles. The first kappa shape index (κ1) is 17.1. The van der Waals surface area contributed by atoms with Crippen LogP contribution in [0, 0.1) is 0 Å². The lowest BCUT2D eigenvalue weighted by Crippen LogP contribution is -2.51. The molecular formula is C16H11Cl2NO4S. The molecule has 0 radical (unpaired) electrons. The van der Waals surface area contributed by atoms with Crippen LogP contribution in [0.2, 0.25) is 10.0 Å². The summed E-state index contributed by atoms with van der Waals surface area (Å²) in [7, 11) is -2.75. The van der Waals surface area contributed by atoms with Gasteiger partial charge in [0.25, 0.3) is 0 Å². The van der Waals surface area contributed by atoms with Crippen molar-refractivity contribution in [3.05, 3.63) is 63.6 Å². The Morgan fingerprint density at radius 3 is 2.46 bits per heavy atom. The van der Waals surface area contributed by atoms with E-state index in [1.54, 1.807) is 6.07 Å². The summed E-state index contributed by atoms with van der Waals surface area (Å²) in [6, 6.07) is 8.51. The molecular weight excluding hydrogens is 373 g/mol. The number of sulfonamides is 1. The van der Waals surface area contributed by atoms with E-state index in [0.717, 1.165) is 4.31 Å². The Kier molecular flexibility index (Phi) is 4.25. The van der Waals surface area contributed by atoms with Crippen molar-refractivity contribution in [3.8, 4) is 0 Å². The van der Waals surface area contributed by atoms with Crippen molar-refractivity contribution >= 4 is 44.8 Å². The number of rotatable bonds is 2. The Morgan fingerprint density at radius 1 is 1.12 bits per heavy atom. The largest absolute Gasteiger partial charge is 0.292 e. The van der Waals surface area contributed by atoms with Gasteiger partial charge in [0.2, 0.25) is 10.0 Å². The van der Waals surface area contributed by atoms with E-state index in [9.17, 15) is 18.0 Å². The summed E-state index contributed by atoms with van der Waals surface area (Å²) in [5.74, 6) is -1.28. The highest BCUT2D eigenvalue weighted by molar-refractivity contribution is 7.89. The van der Waals surface area contributed by atoms with Crippen LogP contribution in [-0.2, 0) is 10.0 Å². The van der Waals surface area contributed by atoms with Gasteiger partial charge >= 0.3 is 0 Å². The van der Waals surface area contributed by atoms with Crippen LogP contribution in [0.25, 0.3) is 0 Å². The van der Waals surface area contributed by atoms with Gasteiger partial charge in [-0.25, -0.2) is 8.42 Å². The molecule has 1 unspecified atom stereocenters. The molecule has 0 amide bonds. The minimum absolute atomic E-state index is 0.000893. The zero-order valence-electron chi connectivity index (χ0n) is 12.4. The van der Waals surface area contributed by atoms with Crippen molar-refractivity contribution in [2.45, 2.75) is 10.9 Å². The van der Waals surface area contributed by atoms with Crippen molar-refractivity contribution < 1.29 is 18.0 Å². The Morgan fingerprint density at radius 2 is 1.79 bits per heavy atom. The van der Waals surface area contributed by atoms with E-state index in [4.69, 9.17) is 23.2 Å². The quantitative estimate of drug-likeness (QED) is 0.590. The van der Waals surface area contributed by atoms with Gasteiger partial charge in [-0.2, -0.15) is 4.31 Å². The molecule has 1 heterocycles. The number of carbonyl (C=O) groups excluding carboxylic acids is 2. The first-order valence-electron chi connectivity index (χ1n) is 6.85. The van der Waals surface area contributed by atoms with E-state index in [1.807, 2.05) is 0 Å². The molecule has 0 bridgehead atoms. The van der Waals surface area contributed by atoms with Crippen LogP contribution < -0.4 is 0 Å². The molecule has 0 N–H and O–H groups in total. The molecule has 3 rings (SSSR count). The second-order valence-electron chi connectivity index (χ2n) is 5.27. The maximum absolute atomic E-state index is 12.8. The van der Waals surface area contributed by atoms with E-state index >= 15 is 0 Å². The van der Waals surface area contributed by atoms with Gasteiger partial charge < -0.3 is 0 Å². The summed E-state index contributed by atoms with van der Waals surface area (Å²) in [5.41, 5.74) is 0.0416. The summed E-state index contributed by atoms with van der Waals surface area (Å²) in [5, 5.41) is 0.391. The van der Waals surface area contributed by atoms with Crippen LogP contribution >= 0.6 is 23.2 Å². The molecule has 0 aliphatic carbocycles. The fraction of sp³-hybridized carbons (Fsp3) is 0.125.